The average molecular weight is 335 g/mol. The number of benzene rings is 1. The third-order valence-corrected chi connectivity index (χ3v) is 8.94. The largest absolute Gasteiger partial charge is 0.496 e. The monoisotopic (exact) mass is 334 g/mol. The average Bonchev–Trinajstić information content (AvgIpc) is 2.49. The standard InChI is InChI=1S/C19H30O3Si/c1-9-11-16(20-5)18-15(12-10-13-17(18)21-6)14-22-23(7,8)19(2,3)4/h9-13H,1,14H2,2-8H3/b16-11-. The number of ether oxygens (including phenoxy) is 2. The number of hydrogen-bond acceptors (Lipinski definition) is 3. The number of hydrogen-bond donors (Lipinski definition) is 0. The molecule has 1 aromatic carbocycles. The van der Waals surface area contributed by atoms with Crippen molar-refractivity contribution in [2.24, 2.45) is 0 Å². The minimum absolute atomic E-state index is 0.174. The summed E-state index contributed by atoms with van der Waals surface area (Å²) in [6.07, 6.45) is 3.55. The molecule has 0 spiro atoms. The van der Waals surface area contributed by atoms with Gasteiger partial charge in [0, 0.05) is 0 Å². The molecule has 0 aromatic heterocycles. The lowest BCUT2D eigenvalue weighted by Gasteiger charge is -2.36. The van der Waals surface area contributed by atoms with Crippen molar-refractivity contribution in [1.29, 1.82) is 0 Å². The molecular formula is C19H30O3Si. The van der Waals surface area contributed by atoms with E-state index in [1.165, 1.54) is 0 Å². The molecule has 128 valence electrons. The molecule has 0 unspecified atom stereocenters. The molecule has 0 saturated carbocycles. The van der Waals surface area contributed by atoms with Gasteiger partial charge in [-0.3, -0.25) is 0 Å². The highest BCUT2D eigenvalue weighted by Gasteiger charge is 2.37. The van der Waals surface area contributed by atoms with Gasteiger partial charge in [0.05, 0.1) is 26.4 Å². The Morgan fingerprint density at radius 1 is 1.22 bits per heavy atom. The van der Waals surface area contributed by atoms with Crippen molar-refractivity contribution >= 4 is 14.1 Å². The fourth-order valence-electron chi connectivity index (χ4n) is 1.98. The van der Waals surface area contributed by atoms with Gasteiger partial charge in [-0.1, -0.05) is 45.6 Å². The Labute approximate surface area is 142 Å². The van der Waals surface area contributed by atoms with Gasteiger partial charge in [-0.15, -0.1) is 0 Å². The molecule has 0 fully saturated rings. The second-order valence-corrected chi connectivity index (χ2v) is 11.8. The summed E-state index contributed by atoms with van der Waals surface area (Å²) in [6, 6.07) is 5.97. The Bertz CT molecular complexity index is 568. The highest BCUT2D eigenvalue weighted by Crippen LogP contribution is 2.38. The van der Waals surface area contributed by atoms with Crippen LogP contribution in [0.4, 0.5) is 0 Å². The molecule has 3 nitrogen and oxygen atoms in total. The van der Waals surface area contributed by atoms with Crippen LogP contribution in [0.2, 0.25) is 18.1 Å². The normalized spacial score (nSPS) is 12.9. The summed E-state index contributed by atoms with van der Waals surface area (Å²) in [6.45, 7) is 15.5. The van der Waals surface area contributed by atoms with Gasteiger partial charge in [-0.05, 0) is 35.8 Å². The Hall–Kier alpha value is -1.52. The molecular weight excluding hydrogens is 304 g/mol. The van der Waals surface area contributed by atoms with Crippen LogP contribution in [-0.2, 0) is 15.8 Å². The van der Waals surface area contributed by atoms with Crippen LogP contribution >= 0.6 is 0 Å². The second-order valence-electron chi connectivity index (χ2n) is 7.01. The summed E-state index contributed by atoms with van der Waals surface area (Å²) >= 11 is 0. The zero-order valence-corrected chi connectivity index (χ0v) is 16.5. The van der Waals surface area contributed by atoms with Crippen molar-refractivity contribution in [3.05, 3.63) is 48.1 Å². The van der Waals surface area contributed by atoms with Crippen molar-refractivity contribution in [1.82, 2.24) is 0 Å². The highest BCUT2D eigenvalue weighted by molar-refractivity contribution is 6.74. The molecule has 0 aliphatic carbocycles. The molecule has 0 saturated heterocycles. The van der Waals surface area contributed by atoms with E-state index in [1.807, 2.05) is 18.2 Å². The maximum Gasteiger partial charge on any atom is 0.192 e. The van der Waals surface area contributed by atoms with Gasteiger partial charge in [0.25, 0.3) is 0 Å². The number of rotatable bonds is 7. The summed E-state index contributed by atoms with van der Waals surface area (Å²) < 4.78 is 17.4. The molecule has 0 aliphatic rings. The maximum atomic E-state index is 6.37. The lowest BCUT2D eigenvalue weighted by atomic mass is 10.0. The zero-order valence-electron chi connectivity index (χ0n) is 15.5. The van der Waals surface area contributed by atoms with Gasteiger partial charge in [0.2, 0.25) is 0 Å². The molecule has 0 bridgehead atoms. The van der Waals surface area contributed by atoms with Crippen LogP contribution in [0, 0.1) is 0 Å². The van der Waals surface area contributed by atoms with Crippen LogP contribution in [-0.4, -0.2) is 22.5 Å². The summed E-state index contributed by atoms with van der Waals surface area (Å²) in [7, 11) is 1.50. The maximum absolute atomic E-state index is 6.37. The third-order valence-electron chi connectivity index (χ3n) is 4.46. The van der Waals surface area contributed by atoms with E-state index >= 15 is 0 Å². The van der Waals surface area contributed by atoms with Crippen LogP contribution in [0.1, 0.15) is 31.9 Å². The molecule has 1 aromatic rings. The van der Waals surface area contributed by atoms with Crippen LogP contribution in [0.25, 0.3) is 5.76 Å². The van der Waals surface area contributed by atoms with E-state index in [9.17, 15) is 0 Å². The van der Waals surface area contributed by atoms with E-state index in [-0.39, 0.29) is 5.04 Å². The topological polar surface area (TPSA) is 27.7 Å². The molecule has 23 heavy (non-hydrogen) atoms. The van der Waals surface area contributed by atoms with E-state index < -0.39 is 8.32 Å². The predicted molar refractivity (Wildman–Crippen MR) is 100 cm³/mol. The molecule has 1 rings (SSSR count). The number of allylic oxidation sites excluding steroid dienone is 2. The van der Waals surface area contributed by atoms with Crippen molar-refractivity contribution in [3.63, 3.8) is 0 Å². The molecule has 0 aliphatic heterocycles. The smallest absolute Gasteiger partial charge is 0.192 e. The second kappa shape index (κ2) is 7.84. The first-order chi connectivity index (χ1) is 10.7. The van der Waals surface area contributed by atoms with E-state index in [1.54, 1.807) is 20.3 Å². The molecule has 0 radical (unpaired) electrons. The van der Waals surface area contributed by atoms with Crippen LogP contribution < -0.4 is 4.74 Å². The molecule has 0 N–H and O–H groups in total. The van der Waals surface area contributed by atoms with E-state index in [0.717, 1.165) is 22.6 Å². The van der Waals surface area contributed by atoms with E-state index in [0.29, 0.717) is 6.61 Å². The molecule has 4 heteroatoms. The Kier molecular flexibility index (Phi) is 6.65. The zero-order chi connectivity index (χ0) is 17.7. The van der Waals surface area contributed by atoms with Crippen LogP contribution in [0.3, 0.4) is 0 Å². The first-order valence-corrected chi connectivity index (χ1v) is 10.8. The van der Waals surface area contributed by atoms with Gasteiger partial charge >= 0.3 is 0 Å². The predicted octanol–water partition coefficient (Wildman–Crippen LogP) is 5.39. The summed E-state index contributed by atoms with van der Waals surface area (Å²) in [5.41, 5.74) is 1.99. The Morgan fingerprint density at radius 2 is 1.87 bits per heavy atom. The van der Waals surface area contributed by atoms with Gasteiger partial charge < -0.3 is 13.9 Å². The van der Waals surface area contributed by atoms with Crippen molar-refractivity contribution in [2.75, 3.05) is 14.2 Å². The van der Waals surface area contributed by atoms with Gasteiger partial charge in [-0.25, -0.2) is 0 Å². The minimum Gasteiger partial charge on any atom is -0.496 e. The molecule has 0 atom stereocenters. The molecule has 0 amide bonds. The molecule has 0 heterocycles. The van der Waals surface area contributed by atoms with Crippen molar-refractivity contribution in [2.45, 2.75) is 45.5 Å². The van der Waals surface area contributed by atoms with Gasteiger partial charge in [0.1, 0.15) is 11.5 Å². The Morgan fingerprint density at radius 3 is 2.35 bits per heavy atom. The summed E-state index contributed by atoms with van der Waals surface area (Å²) in [4.78, 5) is 0. The first-order valence-electron chi connectivity index (χ1n) is 7.85. The van der Waals surface area contributed by atoms with E-state index in [4.69, 9.17) is 13.9 Å². The van der Waals surface area contributed by atoms with Gasteiger partial charge in [-0.2, -0.15) is 0 Å². The summed E-state index contributed by atoms with van der Waals surface area (Å²) in [5.74, 6) is 1.50. The quantitative estimate of drug-likeness (QED) is 0.380. The van der Waals surface area contributed by atoms with Gasteiger partial charge in [0.15, 0.2) is 8.32 Å². The van der Waals surface area contributed by atoms with Crippen LogP contribution in [0.15, 0.2) is 36.9 Å². The summed E-state index contributed by atoms with van der Waals surface area (Å²) in [5, 5.41) is 0.174. The lowest BCUT2D eigenvalue weighted by molar-refractivity contribution is 0.274. The third kappa shape index (κ3) is 4.72. The number of methoxy groups -OCH3 is 2. The van der Waals surface area contributed by atoms with Crippen LogP contribution in [0.5, 0.6) is 5.75 Å². The Balaban J connectivity index is 3.22. The van der Waals surface area contributed by atoms with Crippen molar-refractivity contribution in [3.8, 4) is 5.75 Å². The minimum atomic E-state index is -1.82. The first kappa shape index (κ1) is 19.5. The highest BCUT2D eigenvalue weighted by atomic mass is 28.4. The fraction of sp³-hybridized carbons (Fsp3) is 0.474. The van der Waals surface area contributed by atoms with Crippen molar-refractivity contribution < 1.29 is 13.9 Å². The SMILES string of the molecule is C=C/C=C(\OC)c1c(CO[Si](C)(C)C(C)(C)C)cccc1OC. The fourth-order valence-corrected chi connectivity index (χ4v) is 2.93. The lowest BCUT2D eigenvalue weighted by Crippen LogP contribution is -2.40. The van der Waals surface area contributed by atoms with E-state index in [2.05, 4.69) is 46.5 Å².